The van der Waals surface area contributed by atoms with Gasteiger partial charge in [-0.2, -0.15) is 13.2 Å². The SMILES string of the molecule is COc1ccc(C(=O)CC(B2OC(C)(C)C(C)(C)O2)C(F)(F)F)cc1. The van der Waals surface area contributed by atoms with Crippen molar-refractivity contribution < 1.29 is 32.0 Å². The highest BCUT2D eigenvalue weighted by Gasteiger charge is 2.60. The lowest BCUT2D eigenvalue weighted by molar-refractivity contribution is -0.138. The van der Waals surface area contributed by atoms with Crippen LogP contribution in [0.5, 0.6) is 5.75 Å². The average molecular weight is 358 g/mol. The first-order valence-electron chi connectivity index (χ1n) is 7.97. The van der Waals surface area contributed by atoms with Gasteiger partial charge in [0.1, 0.15) is 5.75 Å². The van der Waals surface area contributed by atoms with Gasteiger partial charge in [0, 0.05) is 12.0 Å². The van der Waals surface area contributed by atoms with Crippen LogP contribution in [0.3, 0.4) is 0 Å². The van der Waals surface area contributed by atoms with Crippen LogP contribution < -0.4 is 4.74 Å². The van der Waals surface area contributed by atoms with Gasteiger partial charge in [-0.25, -0.2) is 0 Å². The lowest BCUT2D eigenvalue weighted by atomic mass is 9.68. The van der Waals surface area contributed by atoms with Crippen molar-refractivity contribution in [1.29, 1.82) is 0 Å². The number of ketones is 1. The minimum absolute atomic E-state index is 0.187. The predicted octanol–water partition coefficient (Wildman–Crippen LogP) is 4.29. The van der Waals surface area contributed by atoms with Crippen LogP contribution in [0.15, 0.2) is 24.3 Å². The number of methoxy groups -OCH3 is 1. The molecule has 0 amide bonds. The summed E-state index contributed by atoms with van der Waals surface area (Å²) in [5.74, 6) is -2.14. The third kappa shape index (κ3) is 4.18. The molecule has 1 aliphatic rings. The third-order valence-corrected chi connectivity index (χ3v) is 4.84. The maximum Gasteiger partial charge on any atom is 0.470 e. The zero-order valence-electron chi connectivity index (χ0n) is 14.9. The molecule has 0 spiro atoms. The molecule has 0 aromatic heterocycles. The monoisotopic (exact) mass is 358 g/mol. The van der Waals surface area contributed by atoms with Crippen molar-refractivity contribution in [3.05, 3.63) is 29.8 Å². The number of Topliss-reactive ketones (excluding diaryl/α,β-unsaturated/α-hetero) is 1. The molecule has 1 unspecified atom stereocenters. The molecule has 8 heteroatoms. The summed E-state index contributed by atoms with van der Waals surface area (Å²) in [4.78, 5) is 12.3. The average Bonchev–Trinajstić information content (AvgIpc) is 2.71. The van der Waals surface area contributed by atoms with Crippen LogP contribution in [0.4, 0.5) is 13.2 Å². The summed E-state index contributed by atoms with van der Waals surface area (Å²) in [6.45, 7) is 6.69. The summed E-state index contributed by atoms with van der Waals surface area (Å²) in [6.07, 6.45) is -5.37. The Morgan fingerprint density at radius 2 is 1.60 bits per heavy atom. The lowest BCUT2D eigenvalue weighted by Gasteiger charge is -2.32. The number of carbonyl (C=O) groups excluding carboxylic acids is 1. The topological polar surface area (TPSA) is 44.8 Å². The predicted molar refractivity (Wildman–Crippen MR) is 87.8 cm³/mol. The first-order valence-corrected chi connectivity index (χ1v) is 7.97. The summed E-state index contributed by atoms with van der Waals surface area (Å²) < 4.78 is 56.6. The van der Waals surface area contributed by atoms with E-state index >= 15 is 0 Å². The smallest absolute Gasteiger partial charge is 0.470 e. The number of rotatable bonds is 5. The second-order valence-corrected chi connectivity index (χ2v) is 7.13. The minimum atomic E-state index is -4.62. The summed E-state index contributed by atoms with van der Waals surface area (Å²) in [6, 6.07) is 5.95. The number of hydrogen-bond acceptors (Lipinski definition) is 4. The van der Waals surface area contributed by atoms with Crippen LogP contribution in [0.1, 0.15) is 44.5 Å². The lowest BCUT2D eigenvalue weighted by Crippen LogP contribution is -2.41. The molecule has 1 fully saturated rings. The highest BCUT2D eigenvalue weighted by Crippen LogP contribution is 2.46. The number of carbonyl (C=O) groups is 1. The van der Waals surface area contributed by atoms with E-state index in [2.05, 4.69) is 0 Å². The van der Waals surface area contributed by atoms with Gasteiger partial charge in [0.05, 0.1) is 24.1 Å². The van der Waals surface area contributed by atoms with Gasteiger partial charge in [-0.3, -0.25) is 4.79 Å². The fourth-order valence-electron chi connectivity index (χ4n) is 2.51. The Kier molecular flexibility index (Phi) is 5.26. The summed E-state index contributed by atoms with van der Waals surface area (Å²) in [5.41, 5.74) is -1.61. The number of hydrogen-bond donors (Lipinski definition) is 0. The van der Waals surface area contributed by atoms with Gasteiger partial charge in [0.15, 0.2) is 5.78 Å². The Hall–Kier alpha value is -1.54. The Balaban J connectivity index is 2.20. The maximum atomic E-state index is 13.5. The molecule has 1 heterocycles. The van der Waals surface area contributed by atoms with E-state index in [9.17, 15) is 18.0 Å². The van der Waals surface area contributed by atoms with Gasteiger partial charge in [-0.05, 0) is 52.0 Å². The van der Waals surface area contributed by atoms with Crippen molar-refractivity contribution in [2.45, 2.75) is 57.3 Å². The van der Waals surface area contributed by atoms with Gasteiger partial charge in [-0.15, -0.1) is 0 Å². The van der Waals surface area contributed by atoms with Crippen molar-refractivity contribution in [1.82, 2.24) is 0 Å². The van der Waals surface area contributed by atoms with Gasteiger partial charge >= 0.3 is 13.3 Å². The summed E-state index contributed by atoms with van der Waals surface area (Å²) in [7, 11) is -0.0541. The van der Waals surface area contributed by atoms with Gasteiger partial charge < -0.3 is 14.0 Å². The molecule has 1 aromatic rings. The molecule has 0 aliphatic carbocycles. The molecule has 0 N–H and O–H groups in total. The van der Waals surface area contributed by atoms with E-state index < -0.39 is 42.5 Å². The van der Waals surface area contributed by atoms with E-state index in [1.807, 2.05) is 0 Å². The fraction of sp³-hybridized carbons (Fsp3) is 0.588. The quantitative estimate of drug-likeness (QED) is 0.582. The highest BCUT2D eigenvalue weighted by atomic mass is 19.4. The molecule has 2 rings (SSSR count). The highest BCUT2D eigenvalue weighted by molar-refractivity contribution is 6.48. The minimum Gasteiger partial charge on any atom is -0.497 e. The Morgan fingerprint density at radius 3 is 2.00 bits per heavy atom. The zero-order valence-corrected chi connectivity index (χ0v) is 14.9. The van der Waals surface area contributed by atoms with Crippen LogP contribution in [0.25, 0.3) is 0 Å². The molecule has 1 aromatic carbocycles. The van der Waals surface area contributed by atoms with Crippen molar-refractivity contribution >= 4 is 12.9 Å². The summed E-state index contributed by atoms with van der Waals surface area (Å²) >= 11 is 0. The van der Waals surface area contributed by atoms with Crippen LogP contribution in [-0.4, -0.2) is 37.4 Å². The molecule has 1 saturated heterocycles. The first-order chi connectivity index (χ1) is 11.4. The van der Waals surface area contributed by atoms with E-state index in [0.29, 0.717) is 5.75 Å². The van der Waals surface area contributed by atoms with Crippen LogP contribution in [0, 0.1) is 0 Å². The Morgan fingerprint density at radius 1 is 1.12 bits per heavy atom. The number of benzene rings is 1. The van der Waals surface area contributed by atoms with Crippen molar-refractivity contribution in [3.63, 3.8) is 0 Å². The summed E-state index contributed by atoms with van der Waals surface area (Å²) in [5, 5.41) is 0. The molecule has 0 bridgehead atoms. The Labute approximate surface area is 145 Å². The largest absolute Gasteiger partial charge is 0.497 e. The second kappa shape index (κ2) is 6.65. The van der Waals surface area contributed by atoms with Crippen LogP contribution in [0.2, 0.25) is 5.82 Å². The van der Waals surface area contributed by atoms with E-state index in [0.717, 1.165) is 0 Å². The van der Waals surface area contributed by atoms with E-state index in [4.69, 9.17) is 14.0 Å². The van der Waals surface area contributed by atoms with Gasteiger partial charge in [0.25, 0.3) is 0 Å². The molecular formula is C17H22BF3O4. The molecule has 138 valence electrons. The first kappa shape index (κ1) is 19.8. The zero-order chi connectivity index (χ0) is 19.0. The van der Waals surface area contributed by atoms with Crippen molar-refractivity contribution in [3.8, 4) is 5.75 Å². The van der Waals surface area contributed by atoms with E-state index in [1.54, 1.807) is 27.7 Å². The molecule has 25 heavy (non-hydrogen) atoms. The van der Waals surface area contributed by atoms with Crippen molar-refractivity contribution in [2.24, 2.45) is 0 Å². The standard InChI is InChI=1S/C17H22BF3O4/c1-15(2)16(3,4)25-18(24-15)14(17(19,20)21)10-13(22)11-6-8-12(23-5)9-7-11/h6-9,14H,10H2,1-5H3. The third-order valence-electron chi connectivity index (χ3n) is 4.84. The molecule has 4 nitrogen and oxygen atoms in total. The Bertz CT molecular complexity index is 610. The van der Waals surface area contributed by atoms with Gasteiger partial charge in [-0.1, -0.05) is 0 Å². The molecular weight excluding hydrogens is 336 g/mol. The number of ether oxygens (including phenoxy) is 1. The molecule has 1 aliphatic heterocycles. The normalized spacial score (nSPS) is 20.4. The maximum absolute atomic E-state index is 13.5. The van der Waals surface area contributed by atoms with E-state index in [1.165, 1.54) is 31.4 Å². The number of alkyl halides is 3. The number of halogens is 3. The fourth-order valence-corrected chi connectivity index (χ4v) is 2.51. The second-order valence-electron chi connectivity index (χ2n) is 7.13. The molecule has 1 atom stereocenters. The molecule has 0 radical (unpaired) electrons. The van der Waals surface area contributed by atoms with Crippen LogP contribution in [-0.2, 0) is 9.31 Å². The van der Waals surface area contributed by atoms with E-state index in [-0.39, 0.29) is 5.56 Å². The van der Waals surface area contributed by atoms with Crippen molar-refractivity contribution in [2.75, 3.05) is 7.11 Å². The van der Waals surface area contributed by atoms with Crippen LogP contribution >= 0.6 is 0 Å². The van der Waals surface area contributed by atoms with Gasteiger partial charge in [0.2, 0.25) is 0 Å². The molecule has 0 saturated carbocycles.